The summed E-state index contributed by atoms with van der Waals surface area (Å²) >= 11 is 1.65. The van der Waals surface area contributed by atoms with E-state index < -0.39 is 0 Å². The van der Waals surface area contributed by atoms with Crippen molar-refractivity contribution in [3.05, 3.63) is 0 Å². The van der Waals surface area contributed by atoms with Gasteiger partial charge < -0.3 is 11.1 Å². The Kier molecular flexibility index (Phi) is 5.00. The number of nitrogens with two attached hydrogens (primary N) is 1. The van der Waals surface area contributed by atoms with Gasteiger partial charge in [0, 0.05) is 24.3 Å². The first kappa shape index (κ1) is 12.4. The standard InChI is InChI=1S/C11H18N2OS/c1-2-7-15-8-6-13-10(14)9-11(12)4-3-5-11/h1H,3-9,12H2,(H,13,14). The van der Waals surface area contributed by atoms with Crippen LogP contribution in [0.2, 0.25) is 0 Å². The highest BCUT2D eigenvalue weighted by molar-refractivity contribution is 7.99. The summed E-state index contributed by atoms with van der Waals surface area (Å²) in [5, 5.41) is 2.86. The number of hydrogen-bond donors (Lipinski definition) is 2. The molecule has 0 aromatic rings. The van der Waals surface area contributed by atoms with Crippen molar-refractivity contribution < 1.29 is 4.79 Å². The van der Waals surface area contributed by atoms with Crippen LogP contribution in [0, 0.1) is 12.3 Å². The van der Waals surface area contributed by atoms with Gasteiger partial charge in [0.25, 0.3) is 0 Å². The van der Waals surface area contributed by atoms with Crippen LogP contribution in [0.25, 0.3) is 0 Å². The molecule has 1 amide bonds. The van der Waals surface area contributed by atoms with Crippen molar-refractivity contribution >= 4 is 17.7 Å². The number of terminal acetylenes is 1. The molecule has 1 saturated carbocycles. The smallest absolute Gasteiger partial charge is 0.221 e. The molecule has 0 heterocycles. The van der Waals surface area contributed by atoms with Crippen LogP contribution in [0.1, 0.15) is 25.7 Å². The minimum Gasteiger partial charge on any atom is -0.355 e. The highest BCUT2D eigenvalue weighted by Gasteiger charge is 2.34. The van der Waals surface area contributed by atoms with Gasteiger partial charge in [0.15, 0.2) is 0 Å². The number of hydrogen-bond acceptors (Lipinski definition) is 3. The lowest BCUT2D eigenvalue weighted by atomic mass is 9.75. The third kappa shape index (κ3) is 4.59. The molecular formula is C11H18N2OS. The number of nitrogens with one attached hydrogen (secondary N) is 1. The molecule has 0 unspecified atom stereocenters. The van der Waals surface area contributed by atoms with Crippen LogP contribution in [-0.2, 0) is 4.79 Å². The molecule has 1 fully saturated rings. The maximum absolute atomic E-state index is 11.4. The Hall–Kier alpha value is -0.660. The lowest BCUT2D eigenvalue weighted by Gasteiger charge is -2.37. The molecule has 0 aromatic carbocycles. The fraction of sp³-hybridized carbons (Fsp3) is 0.727. The van der Waals surface area contributed by atoms with E-state index in [4.69, 9.17) is 12.2 Å². The van der Waals surface area contributed by atoms with E-state index in [0.29, 0.717) is 18.7 Å². The molecule has 0 aliphatic heterocycles. The Labute approximate surface area is 95.6 Å². The second-order valence-corrected chi connectivity index (χ2v) is 5.10. The average molecular weight is 226 g/mol. The van der Waals surface area contributed by atoms with Crippen molar-refractivity contribution in [2.75, 3.05) is 18.1 Å². The molecule has 3 nitrogen and oxygen atoms in total. The number of thioether (sulfide) groups is 1. The fourth-order valence-corrected chi connectivity index (χ4v) is 2.09. The molecule has 1 rings (SSSR count). The lowest BCUT2D eigenvalue weighted by Crippen LogP contribution is -2.50. The summed E-state index contributed by atoms with van der Waals surface area (Å²) in [6.07, 6.45) is 8.68. The van der Waals surface area contributed by atoms with E-state index in [2.05, 4.69) is 11.2 Å². The van der Waals surface area contributed by atoms with E-state index in [1.807, 2.05) is 0 Å². The summed E-state index contributed by atoms with van der Waals surface area (Å²) < 4.78 is 0. The zero-order valence-electron chi connectivity index (χ0n) is 8.92. The van der Waals surface area contributed by atoms with Crippen LogP contribution in [-0.4, -0.2) is 29.5 Å². The fourth-order valence-electron chi connectivity index (χ4n) is 1.58. The Morgan fingerprint density at radius 3 is 2.87 bits per heavy atom. The zero-order valence-corrected chi connectivity index (χ0v) is 9.74. The van der Waals surface area contributed by atoms with Crippen LogP contribution in [0.5, 0.6) is 0 Å². The largest absolute Gasteiger partial charge is 0.355 e. The Bertz CT molecular complexity index is 256. The first-order valence-electron chi connectivity index (χ1n) is 5.23. The van der Waals surface area contributed by atoms with E-state index in [1.165, 1.54) is 0 Å². The number of rotatable bonds is 6. The van der Waals surface area contributed by atoms with Gasteiger partial charge in [0.1, 0.15) is 0 Å². The molecule has 1 aliphatic carbocycles. The van der Waals surface area contributed by atoms with Gasteiger partial charge in [-0.3, -0.25) is 4.79 Å². The van der Waals surface area contributed by atoms with Crippen LogP contribution < -0.4 is 11.1 Å². The van der Waals surface area contributed by atoms with E-state index >= 15 is 0 Å². The van der Waals surface area contributed by atoms with Gasteiger partial charge in [-0.1, -0.05) is 5.92 Å². The van der Waals surface area contributed by atoms with Crippen LogP contribution >= 0.6 is 11.8 Å². The lowest BCUT2D eigenvalue weighted by molar-refractivity contribution is -0.122. The molecule has 0 radical (unpaired) electrons. The first-order valence-corrected chi connectivity index (χ1v) is 6.38. The molecule has 0 bridgehead atoms. The van der Waals surface area contributed by atoms with Gasteiger partial charge in [-0.05, 0) is 19.3 Å². The van der Waals surface area contributed by atoms with E-state index in [9.17, 15) is 4.79 Å². The number of carbonyl (C=O) groups excluding carboxylic acids is 1. The normalized spacial score (nSPS) is 17.6. The Balaban J connectivity index is 2.01. The van der Waals surface area contributed by atoms with Crippen LogP contribution in [0.3, 0.4) is 0 Å². The SMILES string of the molecule is C#CCSCCNC(=O)CC1(N)CCC1. The van der Waals surface area contributed by atoms with Crippen molar-refractivity contribution in [1.29, 1.82) is 0 Å². The summed E-state index contributed by atoms with van der Waals surface area (Å²) in [6, 6.07) is 0. The van der Waals surface area contributed by atoms with Crippen molar-refractivity contribution in [3.63, 3.8) is 0 Å². The van der Waals surface area contributed by atoms with Gasteiger partial charge in [0.05, 0.1) is 5.75 Å². The third-order valence-corrected chi connectivity index (χ3v) is 3.48. The van der Waals surface area contributed by atoms with Gasteiger partial charge in [-0.25, -0.2) is 0 Å². The average Bonchev–Trinajstić information content (AvgIpc) is 2.15. The van der Waals surface area contributed by atoms with E-state index in [-0.39, 0.29) is 11.4 Å². The molecule has 0 spiro atoms. The summed E-state index contributed by atoms with van der Waals surface area (Å²) in [5.41, 5.74) is 5.75. The summed E-state index contributed by atoms with van der Waals surface area (Å²) in [5.74, 6) is 4.18. The molecule has 4 heteroatoms. The number of carbonyl (C=O) groups is 1. The molecule has 3 N–H and O–H groups in total. The second kappa shape index (κ2) is 6.04. The van der Waals surface area contributed by atoms with Crippen molar-refractivity contribution in [2.24, 2.45) is 5.73 Å². The second-order valence-electron chi connectivity index (χ2n) is 4.00. The third-order valence-electron chi connectivity index (χ3n) is 2.62. The minimum absolute atomic E-state index is 0.0681. The summed E-state index contributed by atoms with van der Waals surface area (Å²) in [6.45, 7) is 0.682. The molecule has 0 saturated heterocycles. The van der Waals surface area contributed by atoms with Gasteiger partial charge in [-0.2, -0.15) is 0 Å². The van der Waals surface area contributed by atoms with Crippen molar-refractivity contribution in [1.82, 2.24) is 5.32 Å². The molecule has 15 heavy (non-hydrogen) atoms. The van der Waals surface area contributed by atoms with Crippen LogP contribution in [0.4, 0.5) is 0 Å². The van der Waals surface area contributed by atoms with Crippen molar-refractivity contribution in [2.45, 2.75) is 31.2 Å². The minimum atomic E-state index is -0.212. The van der Waals surface area contributed by atoms with Crippen molar-refractivity contribution in [3.8, 4) is 12.3 Å². The highest BCUT2D eigenvalue weighted by atomic mass is 32.2. The summed E-state index contributed by atoms with van der Waals surface area (Å²) in [7, 11) is 0. The molecular weight excluding hydrogens is 208 g/mol. The van der Waals surface area contributed by atoms with E-state index in [1.54, 1.807) is 11.8 Å². The predicted octanol–water partition coefficient (Wildman–Crippen LogP) is 0.740. The van der Waals surface area contributed by atoms with Gasteiger partial charge in [0.2, 0.25) is 5.91 Å². The topological polar surface area (TPSA) is 55.1 Å². The first-order chi connectivity index (χ1) is 7.16. The summed E-state index contributed by atoms with van der Waals surface area (Å²) in [4.78, 5) is 11.4. The van der Waals surface area contributed by atoms with Gasteiger partial charge >= 0.3 is 0 Å². The Morgan fingerprint density at radius 2 is 2.33 bits per heavy atom. The molecule has 84 valence electrons. The number of amides is 1. The maximum Gasteiger partial charge on any atom is 0.221 e. The molecule has 0 aromatic heterocycles. The zero-order chi connectivity index (χ0) is 11.1. The Morgan fingerprint density at radius 1 is 1.60 bits per heavy atom. The molecule has 1 aliphatic rings. The van der Waals surface area contributed by atoms with E-state index in [0.717, 1.165) is 25.0 Å². The maximum atomic E-state index is 11.4. The molecule has 0 atom stereocenters. The quantitative estimate of drug-likeness (QED) is 0.519. The monoisotopic (exact) mass is 226 g/mol. The van der Waals surface area contributed by atoms with Crippen LogP contribution in [0.15, 0.2) is 0 Å². The highest BCUT2D eigenvalue weighted by Crippen LogP contribution is 2.31. The predicted molar refractivity (Wildman–Crippen MR) is 64.6 cm³/mol. The van der Waals surface area contributed by atoms with Gasteiger partial charge in [-0.15, -0.1) is 18.2 Å².